The van der Waals surface area contributed by atoms with Crippen LogP contribution in [0.1, 0.15) is 16.7 Å². The van der Waals surface area contributed by atoms with Crippen molar-refractivity contribution in [2.24, 2.45) is 0 Å². The highest BCUT2D eigenvalue weighted by molar-refractivity contribution is 6.00. The van der Waals surface area contributed by atoms with Crippen LogP contribution in [0.3, 0.4) is 0 Å². The molecule has 0 spiro atoms. The molecule has 7 nitrogen and oxygen atoms in total. The Kier molecular flexibility index (Phi) is 6.17. The van der Waals surface area contributed by atoms with Crippen LogP contribution in [0.4, 0.5) is 10.1 Å². The first-order valence-corrected chi connectivity index (χ1v) is 8.83. The topological polar surface area (TPSA) is 91.6 Å². The van der Waals surface area contributed by atoms with Crippen molar-refractivity contribution in [2.75, 3.05) is 7.11 Å². The molecule has 0 N–H and O–H groups in total. The van der Waals surface area contributed by atoms with Crippen molar-refractivity contribution in [3.63, 3.8) is 0 Å². The van der Waals surface area contributed by atoms with Gasteiger partial charge in [-0.05, 0) is 35.7 Å². The smallest absolute Gasteiger partial charge is 0.374 e. The minimum absolute atomic E-state index is 0.207. The fourth-order valence-corrected chi connectivity index (χ4v) is 2.81. The van der Waals surface area contributed by atoms with Crippen LogP contribution in [-0.2, 0) is 9.53 Å². The van der Waals surface area contributed by atoms with Gasteiger partial charge in [0.1, 0.15) is 5.82 Å². The summed E-state index contributed by atoms with van der Waals surface area (Å²) in [5.41, 5.74) is 1.20. The van der Waals surface area contributed by atoms with E-state index in [1.54, 1.807) is 43.3 Å². The SMILES string of the molecule is COC(=O)C(Oc1ncc(C)cc1[N+](=O)[O-])=C(c1ccccc1)c1cccc(F)c1. The van der Waals surface area contributed by atoms with E-state index in [0.717, 1.165) is 7.11 Å². The molecule has 0 radical (unpaired) electrons. The van der Waals surface area contributed by atoms with E-state index in [4.69, 9.17) is 9.47 Å². The Labute approximate surface area is 171 Å². The summed E-state index contributed by atoms with van der Waals surface area (Å²) in [6, 6.07) is 15.5. The standard InChI is InChI=1S/C22H17FN2O5/c1-14-11-18(25(27)28)21(24-13-14)30-20(22(26)29-2)19(15-7-4-3-5-8-15)16-9-6-10-17(23)12-16/h3-13H,1-2H3. The molecule has 1 aromatic heterocycles. The summed E-state index contributed by atoms with van der Waals surface area (Å²) in [7, 11) is 1.15. The number of esters is 1. The first kappa shape index (κ1) is 20.7. The minimum atomic E-state index is -0.894. The van der Waals surface area contributed by atoms with Crippen molar-refractivity contribution in [1.29, 1.82) is 0 Å². The van der Waals surface area contributed by atoms with E-state index in [2.05, 4.69) is 4.98 Å². The van der Waals surface area contributed by atoms with Gasteiger partial charge in [0.2, 0.25) is 5.76 Å². The minimum Gasteiger partial charge on any atom is -0.463 e. The van der Waals surface area contributed by atoms with Gasteiger partial charge in [-0.25, -0.2) is 14.2 Å². The van der Waals surface area contributed by atoms with E-state index in [0.29, 0.717) is 16.7 Å². The average molecular weight is 408 g/mol. The van der Waals surface area contributed by atoms with E-state index in [1.807, 2.05) is 0 Å². The van der Waals surface area contributed by atoms with Crippen molar-refractivity contribution >= 4 is 17.2 Å². The van der Waals surface area contributed by atoms with Gasteiger partial charge in [0.15, 0.2) is 0 Å². The highest BCUT2D eigenvalue weighted by Crippen LogP contribution is 2.32. The Morgan fingerprint density at radius 2 is 1.77 bits per heavy atom. The third kappa shape index (κ3) is 4.49. The molecule has 0 amide bonds. The predicted octanol–water partition coefficient (Wildman–Crippen LogP) is 4.45. The maximum Gasteiger partial charge on any atom is 0.374 e. The first-order valence-electron chi connectivity index (χ1n) is 8.83. The van der Waals surface area contributed by atoms with Crippen molar-refractivity contribution in [2.45, 2.75) is 6.92 Å². The highest BCUT2D eigenvalue weighted by atomic mass is 19.1. The van der Waals surface area contributed by atoms with Gasteiger partial charge >= 0.3 is 11.7 Å². The Morgan fingerprint density at radius 1 is 1.07 bits per heavy atom. The van der Waals surface area contributed by atoms with E-state index < -0.39 is 22.4 Å². The van der Waals surface area contributed by atoms with Crippen LogP contribution in [0.5, 0.6) is 5.88 Å². The molecule has 3 rings (SSSR count). The Morgan fingerprint density at radius 3 is 2.40 bits per heavy atom. The molecule has 0 unspecified atom stereocenters. The summed E-state index contributed by atoms with van der Waals surface area (Å²) in [4.78, 5) is 27.4. The largest absolute Gasteiger partial charge is 0.463 e. The fraction of sp³-hybridized carbons (Fsp3) is 0.0909. The van der Waals surface area contributed by atoms with E-state index in [-0.39, 0.29) is 17.2 Å². The molecular weight excluding hydrogens is 391 g/mol. The number of aromatic nitrogens is 1. The maximum atomic E-state index is 13.9. The fourth-order valence-electron chi connectivity index (χ4n) is 2.81. The lowest BCUT2D eigenvalue weighted by Gasteiger charge is -2.15. The molecule has 30 heavy (non-hydrogen) atoms. The molecule has 0 aliphatic carbocycles. The number of nitrogens with zero attached hydrogens (tertiary/aromatic N) is 2. The van der Waals surface area contributed by atoms with Gasteiger partial charge in [0.25, 0.3) is 5.88 Å². The number of pyridine rings is 1. The Bertz CT molecular complexity index is 1130. The summed E-state index contributed by atoms with van der Waals surface area (Å²) >= 11 is 0. The lowest BCUT2D eigenvalue weighted by Crippen LogP contribution is -2.15. The lowest BCUT2D eigenvalue weighted by atomic mass is 9.96. The van der Waals surface area contributed by atoms with Gasteiger partial charge in [0, 0.05) is 17.8 Å². The Balaban J connectivity index is 2.29. The van der Waals surface area contributed by atoms with Crippen molar-refractivity contribution in [1.82, 2.24) is 4.98 Å². The normalized spacial score (nSPS) is 11.4. The number of hydrogen-bond donors (Lipinski definition) is 0. The number of halogens is 1. The molecule has 0 bridgehead atoms. The van der Waals surface area contributed by atoms with Gasteiger partial charge in [-0.1, -0.05) is 42.5 Å². The summed E-state index contributed by atoms with van der Waals surface area (Å²) in [5, 5.41) is 11.5. The number of methoxy groups -OCH3 is 1. The maximum absolute atomic E-state index is 13.9. The van der Waals surface area contributed by atoms with Crippen LogP contribution in [0.15, 0.2) is 72.6 Å². The molecule has 8 heteroatoms. The van der Waals surface area contributed by atoms with E-state index in [1.165, 1.54) is 30.5 Å². The van der Waals surface area contributed by atoms with Crippen LogP contribution < -0.4 is 4.74 Å². The molecule has 0 saturated carbocycles. The monoisotopic (exact) mass is 408 g/mol. The van der Waals surface area contributed by atoms with E-state index in [9.17, 15) is 19.3 Å². The Hall–Kier alpha value is -4.07. The second kappa shape index (κ2) is 8.95. The number of rotatable bonds is 6. The zero-order valence-electron chi connectivity index (χ0n) is 16.2. The molecule has 3 aromatic rings. The predicted molar refractivity (Wildman–Crippen MR) is 107 cm³/mol. The van der Waals surface area contributed by atoms with Crippen molar-refractivity contribution in [3.05, 3.63) is 105 Å². The van der Waals surface area contributed by atoms with Gasteiger partial charge in [-0.15, -0.1) is 0 Å². The molecule has 1 heterocycles. The number of hydrogen-bond acceptors (Lipinski definition) is 6. The molecule has 2 aromatic carbocycles. The third-order valence-corrected chi connectivity index (χ3v) is 4.14. The van der Waals surface area contributed by atoms with Gasteiger partial charge in [-0.3, -0.25) is 10.1 Å². The molecule has 0 fully saturated rings. The highest BCUT2D eigenvalue weighted by Gasteiger charge is 2.27. The lowest BCUT2D eigenvalue weighted by molar-refractivity contribution is -0.386. The van der Waals surface area contributed by atoms with Gasteiger partial charge < -0.3 is 9.47 Å². The van der Waals surface area contributed by atoms with Gasteiger partial charge in [-0.2, -0.15) is 0 Å². The summed E-state index contributed by atoms with van der Waals surface area (Å²) < 4.78 is 24.5. The van der Waals surface area contributed by atoms with Crippen LogP contribution in [-0.4, -0.2) is 23.0 Å². The zero-order valence-corrected chi connectivity index (χ0v) is 16.2. The number of benzene rings is 2. The van der Waals surface area contributed by atoms with Gasteiger partial charge in [0.05, 0.1) is 12.0 Å². The summed E-state index contributed by atoms with van der Waals surface area (Å²) in [6.45, 7) is 1.64. The second-order valence-electron chi connectivity index (χ2n) is 6.27. The molecular formula is C22H17FN2O5. The molecule has 152 valence electrons. The first-order chi connectivity index (χ1) is 14.4. The number of ether oxygens (including phenoxy) is 2. The van der Waals surface area contributed by atoms with Crippen LogP contribution in [0.25, 0.3) is 5.57 Å². The average Bonchev–Trinajstić information content (AvgIpc) is 2.74. The molecule has 0 aliphatic rings. The van der Waals surface area contributed by atoms with Crippen molar-refractivity contribution in [3.8, 4) is 5.88 Å². The summed E-state index contributed by atoms with van der Waals surface area (Å²) in [5.74, 6) is -2.15. The molecule has 0 atom stereocenters. The quantitative estimate of drug-likeness (QED) is 0.197. The second-order valence-corrected chi connectivity index (χ2v) is 6.27. The van der Waals surface area contributed by atoms with E-state index >= 15 is 0 Å². The van der Waals surface area contributed by atoms with Crippen LogP contribution >= 0.6 is 0 Å². The molecule has 0 aliphatic heterocycles. The third-order valence-electron chi connectivity index (χ3n) is 4.14. The number of nitro groups is 1. The zero-order chi connectivity index (χ0) is 21.7. The number of carbonyl (C=O) groups excluding carboxylic acids is 1. The number of carbonyl (C=O) groups is 1. The van der Waals surface area contributed by atoms with Crippen LogP contribution in [0, 0.1) is 22.9 Å². The summed E-state index contributed by atoms with van der Waals surface area (Å²) in [6.07, 6.45) is 1.38. The number of aryl methyl sites for hydroxylation is 1. The van der Waals surface area contributed by atoms with Crippen LogP contribution in [0.2, 0.25) is 0 Å². The van der Waals surface area contributed by atoms with Crippen molar-refractivity contribution < 1.29 is 23.6 Å². The molecule has 0 saturated heterocycles.